The Labute approximate surface area is 227 Å². The van der Waals surface area contributed by atoms with Gasteiger partial charge in [-0.25, -0.2) is 0 Å². The Morgan fingerprint density at radius 1 is 1.05 bits per heavy atom. The highest BCUT2D eigenvalue weighted by molar-refractivity contribution is 6.35. The lowest BCUT2D eigenvalue weighted by atomic mass is 9.82. The Hall–Kier alpha value is -3.22. The summed E-state index contributed by atoms with van der Waals surface area (Å²) >= 11 is 12.8. The number of methoxy groups -OCH3 is 3. The summed E-state index contributed by atoms with van der Waals surface area (Å²) < 4.78 is 22.3. The average molecular weight is 542 g/mol. The quantitative estimate of drug-likeness (QED) is 0.323. The van der Waals surface area contributed by atoms with E-state index in [0.717, 1.165) is 28.9 Å². The standard InChI is InChI=1S/C29H29Cl2NO5/c1-17(18-5-6-20-12-22(34-2)9-7-19(20)11-18)29(33)37-27(14-23-24(30)15-32-16-25(23)31)21-8-10-26(35-3)28(13-21)36-4/h5,7-13,15-17,20,27H,6,14H2,1-4H3/t17-,20?,27?/m1/s1. The molecule has 0 aliphatic heterocycles. The fourth-order valence-corrected chi connectivity index (χ4v) is 4.96. The number of hydrogen-bond acceptors (Lipinski definition) is 6. The summed E-state index contributed by atoms with van der Waals surface area (Å²) in [7, 11) is 4.79. The summed E-state index contributed by atoms with van der Waals surface area (Å²) in [6.45, 7) is 1.85. The van der Waals surface area contributed by atoms with Gasteiger partial charge in [-0.3, -0.25) is 9.78 Å². The van der Waals surface area contributed by atoms with Crippen LogP contribution in [0.25, 0.3) is 0 Å². The van der Waals surface area contributed by atoms with Crippen molar-refractivity contribution in [3.63, 3.8) is 0 Å². The molecule has 8 heteroatoms. The molecular formula is C29H29Cl2NO5. The number of rotatable bonds is 9. The molecule has 4 rings (SSSR count). The van der Waals surface area contributed by atoms with Crippen molar-refractivity contribution >= 4 is 29.2 Å². The van der Waals surface area contributed by atoms with Gasteiger partial charge in [0.25, 0.3) is 0 Å². The smallest absolute Gasteiger partial charge is 0.313 e. The minimum Gasteiger partial charge on any atom is -0.497 e. The molecule has 1 aromatic heterocycles. The Morgan fingerprint density at radius 3 is 2.46 bits per heavy atom. The minimum atomic E-state index is -0.668. The maximum absolute atomic E-state index is 13.4. The van der Waals surface area contributed by atoms with E-state index in [-0.39, 0.29) is 18.3 Å². The zero-order valence-corrected chi connectivity index (χ0v) is 22.7. The first kappa shape index (κ1) is 26.8. The number of aromatic nitrogens is 1. The van der Waals surface area contributed by atoms with Gasteiger partial charge in [0.1, 0.15) is 11.9 Å². The molecule has 1 heterocycles. The Bertz CT molecular complexity index is 1280. The van der Waals surface area contributed by atoms with Gasteiger partial charge in [-0.2, -0.15) is 0 Å². The van der Waals surface area contributed by atoms with E-state index in [4.69, 9.17) is 42.1 Å². The number of nitrogens with zero attached hydrogens (tertiary/aromatic N) is 1. The van der Waals surface area contributed by atoms with Crippen LogP contribution in [0.15, 0.2) is 77.9 Å². The molecule has 194 valence electrons. The van der Waals surface area contributed by atoms with E-state index in [2.05, 4.69) is 23.2 Å². The van der Waals surface area contributed by atoms with E-state index in [9.17, 15) is 4.79 Å². The van der Waals surface area contributed by atoms with Crippen molar-refractivity contribution < 1.29 is 23.7 Å². The fourth-order valence-electron chi connectivity index (χ4n) is 4.44. The van der Waals surface area contributed by atoms with E-state index in [1.807, 2.05) is 25.1 Å². The normalized spacial score (nSPS) is 18.0. The second-order valence-electron chi connectivity index (χ2n) is 8.84. The molecule has 0 radical (unpaired) electrons. The summed E-state index contributed by atoms with van der Waals surface area (Å²) in [6.07, 6.45) is 13.6. The predicted molar refractivity (Wildman–Crippen MR) is 144 cm³/mol. The van der Waals surface area contributed by atoms with Crippen LogP contribution in [0.5, 0.6) is 11.5 Å². The molecule has 0 bridgehead atoms. The highest BCUT2D eigenvalue weighted by Crippen LogP contribution is 2.37. The van der Waals surface area contributed by atoms with Crippen LogP contribution < -0.4 is 9.47 Å². The van der Waals surface area contributed by atoms with Gasteiger partial charge in [-0.1, -0.05) is 47.5 Å². The number of benzene rings is 1. The summed E-state index contributed by atoms with van der Waals surface area (Å²) in [5.41, 5.74) is 3.44. The first-order valence-corrected chi connectivity index (χ1v) is 12.7. The van der Waals surface area contributed by atoms with Crippen molar-refractivity contribution in [3.8, 4) is 11.5 Å². The number of allylic oxidation sites excluding steroid dienone is 6. The van der Waals surface area contributed by atoms with Gasteiger partial charge >= 0.3 is 5.97 Å². The average Bonchev–Trinajstić information content (AvgIpc) is 2.92. The first-order valence-electron chi connectivity index (χ1n) is 11.9. The fraction of sp³-hybridized carbons (Fsp3) is 0.310. The van der Waals surface area contributed by atoms with Crippen LogP contribution in [-0.4, -0.2) is 32.3 Å². The second-order valence-corrected chi connectivity index (χ2v) is 9.66. The molecule has 0 amide bonds. The van der Waals surface area contributed by atoms with Crippen molar-refractivity contribution in [3.05, 3.63) is 99.1 Å². The molecule has 6 nitrogen and oxygen atoms in total. The first-order chi connectivity index (χ1) is 17.8. The number of pyridine rings is 1. The monoisotopic (exact) mass is 541 g/mol. The van der Waals surface area contributed by atoms with Crippen molar-refractivity contribution in [1.29, 1.82) is 0 Å². The number of halogens is 2. The molecule has 0 saturated carbocycles. The minimum absolute atomic E-state index is 0.238. The highest BCUT2D eigenvalue weighted by atomic mass is 35.5. The van der Waals surface area contributed by atoms with Gasteiger partial charge in [0, 0.05) is 24.7 Å². The highest BCUT2D eigenvalue weighted by Gasteiger charge is 2.28. The topological polar surface area (TPSA) is 66.9 Å². The number of carbonyl (C=O) groups is 1. The molecule has 0 saturated heterocycles. The van der Waals surface area contributed by atoms with Crippen LogP contribution in [-0.2, 0) is 20.7 Å². The summed E-state index contributed by atoms with van der Waals surface area (Å²) in [5.74, 6) is 1.36. The van der Waals surface area contributed by atoms with Gasteiger partial charge in [0.15, 0.2) is 11.5 Å². The zero-order valence-electron chi connectivity index (χ0n) is 21.2. The molecule has 2 aromatic rings. The van der Waals surface area contributed by atoms with Gasteiger partial charge in [0.05, 0.1) is 37.3 Å². The van der Waals surface area contributed by atoms with Crippen LogP contribution in [0.3, 0.4) is 0 Å². The summed E-state index contributed by atoms with van der Waals surface area (Å²) in [4.78, 5) is 17.5. The lowest BCUT2D eigenvalue weighted by molar-refractivity contribution is -0.152. The maximum Gasteiger partial charge on any atom is 0.313 e. The largest absolute Gasteiger partial charge is 0.497 e. The molecule has 0 spiro atoms. The Balaban J connectivity index is 1.59. The molecule has 0 fully saturated rings. The van der Waals surface area contributed by atoms with E-state index in [1.165, 1.54) is 12.4 Å². The summed E-state index contributed by atoms with van der Waals surface area (Å²) in [6, 6.07) is 5.41. The molecule has 3 atom stereocenters. The van der Waals surface area contributed by atoms with Crippen LogP contribution in [0.2, 0.25) is 10.0 Å². The van der Waals surface area contributed by atoms with Crippen molar-refractivity contribution in [2.45, 2.75) is 25.9 Å². The third-order valence-electron chi connectivity index (χ3n) is 6.64. The molecule has 2 aliphatic rings. The summed E-state index contributed by atoms with van der Waals surface area (Å²) in [5, 5.41) is 0.806. The molecule has 2 unspecified atom stereocenters. The van der Waals surface area contributed by atoms with E-state index in [0.29, 0.717) is 27.1 Å². The third kappa shape index (κ3) is 6.03. The van der Waals surface area contributed by atoms with Gasteiger partial charge in [-0.05, 0) is 59.9 Å². The van der Waals surface area contributed by atoms with E-state index < -0.39 is 12.0 Å². The Kier molecular flexibility index (Phi) is 8.62. The van der Waals surface area contributed by atoms with Crippen LogP contribution in [0.1, 0.15) is 30.6 Å². The maximum atomic E-state index is 13.4. The lowest BCUT2D eigenvalue weighted by Gasteiger charge is -2.26. The number of fused-ring (bicyclic) bond motifs is 1. The van der Waals surface area contributed by atoms with E-state index >= 15 is 0 Å². The zero-order chi connectivity index (χ0) is 26.5. The van der Waals surface area contributed by atoms with Crippen molar-refractivity contribution in [2.24, 2.45) is 11.8 Å². The molecule has 1 aromatic carbocycles. The molecular weight excluding hydrogens is 513 g/mol. The Morgan fingerprint density at radius 2 is 1.78 bits per heavy atom. The van der Waals surface area contributed by atoms with Crippen LogP contribution in [0.4, 0.5) is 0 Å². The second kappa shape index (κ2) is 11.9. The van der Waals surface area contributed by atoms with Crippen LogP contribution >= 0.6 is 23.2 Å². The lowest BCUT2D eigenvalue weighted by Crippen LogP contribution is -2.22. The van der Waals surface area contributed by atoms with Crippen molar-refractivity contribution in [1.82, 2.24) is 4.98 Å². The van der Waals surface area contributed by atoms with E-state index in [1.54, 1.807) is 33.5 Å². The van der Waals surface area contributed by atoms with Crippen molar-refractivity contribution in [2.75, 3.05) is 21.3 Å². The number of carbonyl (C=O) groups excluding carboxylic acids is 1. The molecule has 0 N–H and O–H groups in total. The molecule has 37 heavy (non-hydrogen) atoms. The van der Waals surface area contributed by atoms with Gasteiger partial charge in [0.2, 0.25) is 0 Å². The number of ether oxygens (including phenoxy) is 4. The predicted octanol–water partition coefficient (Wildman–Crippen LogP) is 6.84. The molecule has 2 aliphatic carbocycles. The van der Waals surface area contributed by atoms with Crippen LogP contribution in [0, 0.1) is 11.8 Å². The van der Waals surface area contributed by atoms with Gasteiger partial charge in [-0.15, -0.1) is 0 Å². The van der Waals surface area contributed by atoms with Gasteiger partial charge < -0.3 is 18.9 Å². The number of hydrogen-bond donors (Lipinski definition) is 0. The SMILES string of the molecule is COC1=CC2CC=C([C@@H](C)C(=O)OC(Cc3c(Cl)cncc3Cl)c3ccc(OC)c(OC)c3)C=C2C=C1. The number of esters is 1. The third-order valence-corrected chi connectivity index (χ3v) is 7.29.